The van der Waals surface area contributed by atoms with E-state index in [0.717, 1.165) is 18.8 Å². The molecule has 1 fully saturated rings. The van der Waals surface area contributed by atoms with Gasteiger partial charge in [-0.1, -0.05) is 26.0 Å². The molecule has 1 saturated carbocycles. The van der Waals surface area contributed by atoms with E-state index in [0.29, 0.717) is 11.3 Å². The molecule has 0 saturated heterocycles. The molecule has 0 heterocycles. The minimum atomic E-state index is -0.144. The number of allylic oxidation sites excluding steroid dienone is 1. The van der Waals surface area contributed by atoms with Crippen LogP contribution in [0.25, 0.3) is 0 Å². The fraction of sp³-hybridized carbons (Fsp3) is 0.846. The summed E-state index contributed by atoms with van der Waals surface area (Å²) in [5.74, 6) is 1.47. The van der Waals surface area contributed by atoms with Gasteiger partial charge in [-0.05, 0) is 50.4 Å². The zero-order valence-electron chi connectivity index (χ0n) is 10.0. The molecule has 0 aliphatic heterocycles. The zero-order valence-corrected chi connectivity index (χ0v) is 10.0. The van der Waals surface area contributed by atoms with Crippen molar-refractivity contribution in [3.05, 3.63) is 12.2 Å². The predicted octanol–water partition coefficient (Wildman–Crippen LogP) is 3.39. The van der Waals surface area contributed by atoms with Crippen LogP contribution < -0.4 is 0 Å². The maximum Gasteiger partial charge on any atom is 0.0512 e. The molecule has 3 atom stereocenters. The monoisotopic (exact) mass is 196 g/mol. The van der Waals surface area contributed by atoms with Crippen molar-refractivity contribution in [2.75, 3.05) is 0 Å². The molecular weight excluding hydrogens is 172 g/mol. The Balaban J connectivity index is 2.42. The summed E-state index contributed by atoms with van der Waals surface area (Å²) >= 11 is 0. The van der Waals surface area contributed by atoms with Crippen LogP contribution in [0, 0.1) is 17.3 Å². The highest BCUT2D eigenvalue weighted by Gasteiger charge is 2.47. The molecule has 1 aliphatic rings. The number of rotatable bonds is 4. The molecule has 0 amide bonds. The van der Waals surface area contributed by atoms with E-state index < -0.39 is 0 Å². The first-order valence-corrected chi connectivity index (χ1v) is 5.69. The van der Waals surface area contributed by atoms with Crippen molar-refractivity contribution in [2.45, 2.75) is 53.1 Å². The van der Waals surface area contributed by atoms with Gasteiger partial charge in [-0.15, -0.1) is 0 Å². The highest BCUT2D eigenvalue weighted by Crippen LogP contribution is 2.55. The molecule has 1 N–H and O–H groups in total. The summed E-state index contributed by atoms with van der Waals surface area (Å²) in [6.45, 7) is 12.7. The number of hydrogen-bond acceptors (Lipinski definition) is 1. The third-order valence-electron chi connectivity index (χ3n) is 4.00. The average molecular weight is 196 g/mol. The van der Waals surface area contributed by atoms with Crippen LogP contribution >= 0.6 is 0 Å². The van der Waals surface area contributed by atoms with E-state index in [2.05, 4.69) is 27.4 Å². The van der Waals surface area contributed by atoms with Crippen LogP contribution in [-0.2, 0) is 0 Å². The molecule has 1 rings (SSSR count). The van der Waals surface area contributed by atoms with E-state index in [1.807, 2.05) is 6.92 Å². The third kappa shape index (κ3) is 2.20. The number of aliphatic hydroxyl groups excluding tert-OH is 1. The van der Waals surface area contributed by atoms with Crippen LogP contribution in [0.15, 0.2) is 12.2 Å². The van der Waals surface area contributed by atoms with E-state index in [4.69, 9.17) is 0 Å². The SMILES string of the molecule is C=C(C)C1CC(CCC(C)O)C1(C)C. The number of hydrogen-bond donors (Lipinski definition) is 1. The van der Waals surface area contributed by atoms with Gasteiger partial charge in [0.05, 0.1) is 6.10 Å². The van der Waals surface area contributed by atoms with Gasteiger partial charge in [0.25, 0.3) is 0 Å². The Morgan fingerprint density at radius 3 is 2.50 bits per heavy atom. The van der Waals surface area contributed by atoms with Crippen molar-refractivity contribution >= 4 is 0 Å². The molecule has 0 aromatic heterocycles. The van der Waals surface area contributed by atoms with Crippen LogP contribution in [-0.4, -0.2) is 11.2 Å². The fourth-order valence-corrected chi connectivity index (χ4v) is 2.78. The summed E-state index contributed by atoms with van der Waals surface area (Å²) in [7, 11) is 0. The first-order valence-electron chi connectivity index (χ1n) is 5.69. The third-order valence-corrected chi connectivity index (χ3v) is 4.00. The smallest absolute Gasteiger partial charge is 0.0512 e. The van der Waals surface area contributed by atoms with E-state index in [1.54, 1.807) is 0 Å². The van der Waals surface area contributed by atoms with Gasteiger partial charge in [-0.3, -0.25) is 0 Å². The quantitative estimate of drug-likeness (QED) is 0.683. The van der Waals surface area contributed by atoms with Gasteiger partial charge in [0.15, 0.2) is 0 Å². The van der Waals surface area contributed by atoms with Crippen LogP contribution in [0.3, 0.4) is 0 Å². The van der Waals surface area contributed by atoms with Crippen molar-refractivity contribution in [3.63, 3.8) is 0 Å². The van der Waals surface area contributed by atoms with Crippen LogP contribution in [0.5, 0.6) is 0 Å². The first kappa shape index (κ1) is 11.8. The highest BCUT2D eigenvalue weighted by molar-refractivity contribution is 5.11. The summed E-state index contributed by atoms with van der Waals surface area (Å²) in [6, 6.07) is 0. The summed E-state index contributed by atoms with van der Waals surface area (Å²) < 4.78 is 0. The number of aliphatic hydroxyl groups is 1. The zero-order chi connectivity index (χ0) is 10.9. The molecule has 0 aromatic rings. The van der Waals surface area contributed by atoms with E-state index >= 15 is 0 Å². The Morgan fingerprint density at radius 2 is 2.14 bits per heavy atom. The maximum absolute atomic E-state index is 9.25. The van der Waals surface area contributed by atoms with Crippen LogP contribution in [0.4, 0.5) is 0 Å². The maximum atomic E-state index is 9.25. The van der Waals surface area contributed by atoms with Gasteiger partial charge >= 0.3 is 0 Å². The van der Waals surface area contributed by atoms with Crippen LogP contribution in [0.1, 0.15) is 47.0 Å². The van der Waals surface area contributed by atoms with Gasteiger partial charge in [0.2, 0.25) is 0 Å². The van der Waals surface area contributed by atoms with Crippen molar-refractivity contribution in [3.8, 4) is 0 Å². The Kier molecular flexibility index (Phi) is 3.41. The van der Waals surface area contributed by atoms with E-state index in [9.17, 15) is 5.11 Å². The Morgan fingerprint density at radius 1 is 1.57 bits per heavy atom. The lowest BCUT2D eigenvalue weighted by Crippen LogP contribution is -2.45. The normalized spacial score (nSPS) is 32.1. The van der Waals surface area contributed by atoms with Gasteiger partial charge in [0, 0.05) is 0 Å². The minimum Gasteiger partial charge on any atom is -0.393 e. The topological polar surface area (TPSA) is 20.2 Å². The largest absolute Gasteiger partial charge is 0.393 e. The predicted molar refractivity (Wildman–Crippen MR) is 61.1 cm³/mol. The lowest BCUT2D eigenvalue weighted by molar-refractivity contribution is -0.00917. The molecule has 3 unspecified atom stereocenters. The summed E-state index contributed by atoms with van der Waals surface area (Å²) in [6.07, 6.45) is 3.23. The van der Waals surface area contributed by atoms with Gasteiger partial charge in [-0.25, -0.2) is 0 Å². The van der Waals surface area contributed by atoms with Crippen molar-refractivity contribution in [1.82, 2.24) is 0 Å². The van der Waals surface area contributed by atoms with Crippen LogP contribution in [0.2, 0.25) is 0 Å². The molecule has 1 nitrogen and oxygen atoms in total. The summed E-state index contributed by atoms with van der Waals surface area (Å²) in [5.41, 5.74) is 1.73. The second kappa shape index (κ2) is 4.06. The Labute approximate surface area is 88.2 Å². The molecule has 0 aromatic carbocycles. The lowest BCUT2D eigenvalue weighted by atomic mass is 9.52. The summed E-state index contributed by atoms with van der Waals surface area (Å²) in [5, 5.41) is 9.25. The molecule has 82 valence electrons. The average Bonchev–Trinajstić information content (AvgIpc) is 2.00. The molecule has 14 heavy (non-hydrogen) atoms. The lowest BCUT2D eigenvalue weighted by Gasteiger charge is -2.53. The van der Waals surface area contributed by atoms with E-state index in [1.165, 1.54) is 12.0 Å². The highest BCUT2D eigenvalue weighted by atomic mass is 16.3. The van der Waals surface area contributed by atoms with Gasteiger partial charge in [0.1, 0.15) is 0 Å². The first-order chi connectivity index (χ1) is 6.35. The van der Waals surface area contributed by atoms with Gasteiger partial charge in [-0.2, -0.15) is 0 Å². The molecule has 1 aliphatic carbocycles. The molecule has 0 bridgehead atoms. The molecular formula is C13H24O. The second-order valence-corrected chi connectivity index (χ2v) is 5.58. The van der Waals surface area contributed by atoms with Gasteiger partial charge < -0.3 is 5.11 Å². The fourth-order valence-electron chi connectivity index (χ4n) is 2.78. The van der Waals surface area contributed by atoms with E-state index in [-0.39, 0.29) is 6.10 Å². The van der Waals surface area contributed by atoms with Crippen molar-refractivity contribution in [1.29, 1.82) is 0 Å². The van der Waals surface area contributed by atoms with Crippen molar-refractivity contribution < 1.29 is 5.11 Å². The summed E-state index contributed by atoms with van der Waals surface area (Å²) in [4.78, 5) is 0. The Bertz CT molecular complexity index is 215. The minimum absolute atomic E-state index is 0.144. The Hall–Kier alpha value is -0.300. The van der Waals surface area contributed by atoms with Crippen molar-refractivity contribution in [2.24, 2.45) is 17.3 Å². The molecule has 0 radical (unpaired) electrons. The molecule has 1 heteroatoms. The standard InChI is InChI=1S/C13H24O/c1-9(2)12-8-11(13(12,4)5)7-6-10(3)14/h10-12,14H,1,6-8H2,2-5H3. The molecule has 0 spiro atoms. The second-order valence-electron chi connectivity index (χ2n) is 5.58.